The van der Waals surface area contributed by atoms with Crippen LogP contribution in [0.3, 0.4) is 0 Å². The molecule has 0 saturated carbocycles. The van der Waals surface area contributed by atoms with Gasteiger partial charge in [0.25, 0.3) is 0 Å². The zero-order valence-electron chi connectivity index (χ0n) is 12.0. The highest BCUT2D eigenvalue weighted by molar-refractivity contribution is 4.76. The van der Waals surface area contributed by atoms with Gasteiger partial charge in [0.2, 0.25) is 0 Å². The molecule has 2 heteroatoms. The molecule has 0 aromatic carbocycles. The first-order valence-corrected chi connectivity index (χ1v) is 7.82. The highest BCUT2D eigenvalue weighted by Crippen LogP contribution is 2.08. The SMILES string of the molecule is CCCCCCCN1CCCNC(CCC)C1. The Labute approximate surface area is 108 Å². The largest absolute Gasteiger partial charge is 0.313 e. The fourth-order valence-electron chi connectivity index (χ4n) is 2.76. The molecular formula is C15H32N2. The normalized spacial score (nSPS) is 22.6. The lowest BCUT2D eigenvalue weighted by Gasteiger charge is -2.24. The molecule has 0 aromatic rings. The number of nitrogens with zero attached hydrogens (tertiary/aromatic N) is 1. The fraction of sp³-hybridized carbons (Fsp3) is 1.00. The van der Waals surface area contributed by atoms with E-state index in [1.165, 1.54) is 77.5 Å². The van der Waals surface area contributed by atoms with Gasteiger partial charge in [0.1, 0.15) is 0 Å². The van der Waals surface area contributed by atoms with Crippen molar-refractivity contribution in [3.8, 4) is 0 Å². The molecule has 1 saturated heterocycles. The van der Waals surface area contributed by atoms with Crippen LogP contribution in [0.4, 0.5) is 0 Å². The average molecular weight is 240 g/mol. The zero-order valence-corrected chi connectivity index (χ0v) is 12.0. The van der Waals surface area contributed by atoms with Crippen LogP contribution in [-0.2, 0) is 0 Å². The highest BCUT2D eigenvalue weighted by Gasteiger charge is 2.15. The minimum Gasteiger partial charge on any atom is -0.313 e. The van der Waals surface area contributed by atoms with E-state index in [-0.39, 0.29) is 0 Å². The van der Waals surface area contributed by atoms with Crippen molar-refractivity contribution in [1.29, 1.82) is 0 Å². The van der Waals surface area contributed by atoms with Gasteiger partial charge in [-0.1, -0.05) is 46.0 Å². The van der Waals surface area contributed by atoms with Crippen LogP contribution in [0.1, 0.15) is 65.2 Å². The van der Waals surface area contributed by atoms with E-state index in [4.69, 9.17) is 0 Å². The third-order valence-corrected chi connectivity index (χ3v) is 3.78. The quantitative estimate of drug-likeness (QED) is 0.654. The molecule has 1 atom stereocenters. The van der Waals surface area contributed by atoms with E-state index in [1.807, 2.05) is 0 Å². The second-order valence-electron chi connectivity index (χ2n) is 5.51. The maximum absolute atomic E-state index is 3.68. The van der Waals surface area contributed by atoms with Crippen molar-refractivity contribution in [2.75, 3.05) is 26.2 Å². The Morgan fingerprint density at radius 2 is 1.88 bits per heavy atom. The number of hydrogen-bond acceptors (Lipinski definition) is 2. The second kappa shape index (κ2) is 9.90. The fourth-order valence-corrected chi connectivity index (χ4v) is 2.76. The zero-order chi connectivity index (χ0) is 12.3. The van der Waals surface area contributed by atoms with Crippen LogP contribution >= 0.6 is 0 Å². The van der Waals surface area contributed by atoms with Gasteiger partial charge < -0.3 is 10.2 Å². The number of nitrogens with one attached hydrogen (secondary N) is 1. The summed E-state index contributed by atoms with van der Waals surface area (Å²) in [5, 5.41) is 3.68. The Kier molecular flexibility index (Phi) is 8.72. The van der Waals surface area contributed by atoms with Gasteiger partial charge in [-0.3, -0.25) is 0 Å². The summed E-state index contributed by atoms with van der Waals surface area (Å²) in [5.74, 6) is 0. The van der Waals surface area contributed by atoms with Crippen LogP contribution in [-0.4, -0.2) is 37.1 Å². The van der Waals surface area contributed by atoms with E-state index < -0.39 is 0 Å². The average Bonchev–Trinajstić information content (AvgIpc) is 2.55. The number of hydrogen-bond donors (Lipinski definition) is 1. The molecule has 0 aromatic heterocycles. The van der Waals surface area contributed by atoms with Gasteiger partial charge in [0.15, 0.2) is 0 Å². The minimum atomic E-state index is 0.748. The summed E-state index contributed by atoms with van der Waals surface area (Å²) >= 11 is 0. The van der Waals surface area contributed by atoms with Crippen LogP contribution in [0.2, 0.25) is 0 Å². The highest BCUT2D eigenvalue weighted by atomic mass is 15.2. The molecular weight excluding hydrogens is 208 g/mol. The van der Waals surface area contributed by atoms with Crippen molar-refractivity contribution in [3.63, 3.8) is 0 Å². The predicted octanol–water partition coefficient (Wildman–Crippen LogP) is 3.42. The third-order valence-electron chi connectivity index (χ3n) is 3.78. The Morgan fingerprint density at radius 3 is 2.65 bits per heavy atom. The molecule has 0 spiro atoms. The molecule has 1 rings (SSSR count). The standard InChI is InChI=1S/C15H32N2/c1-3-5-6-7-8-12-17-13-9-11-16-15(14-17)10-4-2/h15-16H,3-14H2,1-2H3. The lowest BCUT2D eigenvalue weighted by Crippen LogP contribution is -2.37. The van der Waals surface area contributed by atoms with Crippen molar-refractivity contribution in [2.45, 2.75) is 71.3 Å². The van der Waals surface area contributed by atoms with Crippen LogP contribution < -0.4 is 5.32 Å². The maximum Gasteiger partial charge on any atom is 0.0194 e. The molecule has 1 aliphatic rings. The van der Waals surface area contributed by atoms with Crippen molar-refractivity contribution in [3.05, 3.63) is 0 Å². The summed E-state index contributed by atoms with van der Waals surface area (Å²) in [6.45, 7) is 9.71. The van der Waals surface area contributed by atoms with E-state index in [0.29, 0.717) is 0 Å². The Balaban J connectivity index is 2.12. The van der Waals surface area contributed by atoms with Crippen molar-refractivity contribution in [1.82, 2.24) is 10.2 Å². The first kappa shape index (κ1) is 15.0. The van der Waals surface area contributed by atoms with Gasteiger partial charge in [-0.15, -0.1) is 0 Å². The lowest BCUT2D eigenvalue weighted by molar-refractivity contribution is 0.256. The molecule has 0 aliphatic carbocycles. The molecule has 102 valence electrons. The molecule has 1 N–H and O–H groups in total. The molecule has 2 nitrogen and oxygen atoms in total. The third kappa shape index (κ3) is 7.05. The van der Waals surface area contributed by atoms with Crippen molar-refractivity contribution >= 4 is 0 Å². The van der Waals surface area contributed by atoms with Crippen LogP contribution in [0.15, 0.2) is 0 Å². The first-order valence-electron chi connectivity index (χ1n) is 7.82. The molecule has 0 amide bonds. The summed E-state index contributed by atoms with van der Waals surface area (Å²) in [7, 11) is 0. The summed E-state index contributed by atoms with van der Waals surface area (Å²) in [5.41, 5.74) is 0. The van der Waals surface area contributed by atoms with E-state index in [2.05, 4.69) is 24.1 Å². The molecule has 0 bridgehead atoms. The van der Waals surface area contributed by atoms with Crippen LogP contribution in [0.5, 0.6) is 0 Å². The second-order valence-corrected chi connectivity index (χ2v) is 5.51. The molecule has 0 radical (unpaired) electrons. The molecule has 1 heterocycles. The van der Waals surface area contributed by atoms with Gasteiger partial charge in [0, 0.05) is 12.6 Å². The van der Waals surface area contributed by atoms with Gasteiger partial charge in [-0.05, 0) is 38.9 Å². The van der Waals surface area contributed by atoms with Crippen LogP contribution in [0.25, 0.3) is 0 Å². The number of unbranched alkanes of at least 4 members (excludes halogenated alkanes) is 4. The van der Waals surface area contributed by atoms with Crippen LogP contribution in [0, 0.1) is 0 Å². The Morgan fingerprint density at radius 1 is 1.06 bits per heavy atom. The lowest BCUT2D eigenvalue weighted by atomic mass is 10.1. The minimum absolute atomic E-state index is 0.748. The topological polar surface area (TPSA) is 15.3 Å². The molecule has 1 unspecified atom stereocenters. The number of rotatable bonds is 8. The monoisotopic (exact) mass is 240 g/mol. The first-order chi connectivity index (χ1) is 8.36. The predicted molar refractivity (Wildman–Crippen MR) is 76.5 cm³/mol. The molecule has 17 heavy (non-hydrogen) atoms. The summed E-state index contributed by atoms with van der Waals surface area (Å²) < 4.78 is 0. The van der Waals surface area contributed by atoms with E-state index in [9.17, 15) is 0 Å². The summed E-state index contributed by atoms with van der Waals surface area (Å²) in [4.78, 5) is 2.69. The van der Waals surface area contributed by atoms with Gasteiger partial charge in [-0.25, -0.2) is 0 Å². The van der Waals surface area contributed by atoms with Gasteiger partial charge >= 0.3 is 0 Å². The smallest absolute Gasteiger partial charge is 0.0194 e. The molecule has 1 aliphatic heterocycles. The van der Waals surface area contributed by atoms with Gasteiger partial charge in [-0.2, -0.15) is 0 Å². The van der Waals surface area contributed by atoms with Gasteiger partial charge in [0.05, 0.1) is 0 Å². The Hall–Kier alpha value is -0.0800. The van der Waals surface area contributed by atoms with Crippen molar-refractivity contribution < 1.29 is 0 Å². The van der Waals surface area contributed by atoms with Crippen molar-refractivity contribution in [2.24, 2.45) is 0 Å². The van der Waals surface area contributed by atoms with E-state index in [1.54, 1.807) is 0 Å². The van der Waals surface area contributed by atoms with E-state index in [0.717, 1.165) is 6.04 Å². The Bertz CT molecular complexity index is 170. The summed E-state index contributed by atoms with van der Waals surface area (Å²) in [6.07, 6.45) is 11.0. The maximum atomic E-state index is 3.68. The van der Waals surface area contributed by atoms with E-state index >= 15 is 0 Å². The molecule has 1 fully saturated rings. The summed E-state index contributed by atoms with van der Waals surface area (Å²) in [6, 6.07) is 0.748.